The maximum Gasteiger partial charge on any atom is 0.407 e. The van der Waals surface area contributed by atoms with Crippen molar-refractivity contribution in [1.82, 2.24) is 5.32 Å². The second kappa shape index (κ2) is 5.48. The average molecular weight is 253 g/mol. The van der Waals surface area contributed by atoms with Crippen LogP contribution in [0, 0.1) is 0 Å². The summed E-state index contributed by atoms with van der Waals surface area (Å²) in [6, 6.07) is 5.36. The number of benzene rings is 1. The third-order valence-electron chi connectivity index (χ3n) is 2.54. The van der Waals surface area contributed by atoms with Crippen molar-refractivity contribution in [3.63, 3.8) is 0 Å². The highest BCUT2D eigenvalue weighted by Gasteiger charge is 2.24. The largest absolute Gasteiger partial charge is 0.493 e. The number of para-hydroxylation sites is 1. The fourth-order valence-electron chi connectivity index (χ4n) is 1.66. The lowest BCUT2D eigenvalue weighted by molar-refractivity contribution is 0.102. The monoisotopic (exact) mass is 253 g/mol. The molecule has 98 valence electrons. The Bertz CT molecular complexity index is 412. The number of amides is 1. The van der Waals surface area contributed by atoms with E-state index in [1.165, 1.54) is 0 Å². The molecule has 1 aliphatic heterocycles. The van der Waals surface area contributed by atoms with Gasteiger partial charge in [0.15, 0.2) is 17.6 Å². The molecule has 0 spiro atoms. The Morgan fingerprint density at radius 3 is 2.50 bits per heavy atom. The summed E-state index contributed by atoms with van der Waals surface area (Å²) in [5, 5.41) is 2.56. The van der Waals surface area contributed by atoms with Gasteiger partial charge in [-0.25, -0.2) is 4.79 Å². The second-order valence-electron chi connectivity index (χ2n) is 3.71. The molecule has 1 fully saturated rings. The summed E-state index contributed by atoms with van der Waals surface area (Å²) < 4.78 is 21.0. The standard InChI is InChI=1S/C12H15NO5/c1-15-9-4-3-5-10(16-2)11(9)17-7-8-6-13-12(14)18-8/h3-5,8H,6-7H2,1-2H3,(H,13,14)/t8-/m1/s1. The van der Waals surface area contributed by atoms with Crippen LogP contribution >= 0.6 is 0 Å². The van der Waals surface area contributed by atoms with Crippen molar-refractivity contribution in [1.29, 1.82) is 0 Å². The molecule has 6 nitrogen and oxygen atoms in total. The van der Waals surface area contributed by atoms with E-state index < -0.39 is 6.09 Å². The smallest absolute Gasteiger partial charge is 0.407 e. The highest BCUT2D eigenvalue weighted by molar-refractivity contribution is 5.69. The molecule has 1 atom stereocenters. The number of hydrogen-bond donors (Lipinski definition) is 1. The molecular weight excluding hydrogens is 238 g/mol. The van der Waals surface area contributed by atoms with Crippen molar-refractivity contribution in [2.45, 2.75) is 6.10 Å². The molecule has 1 heterocycles. The zero-order valence-electron chi connectivity index (χ0n) is 10.3. The first-order valence-electron chi connectivity index (χ1n) is 5.53. The third-order valence-corrected chi connectivity index (χ3v) is 2.54. The Balaban J connectivity index is 2.05. The first-order chi connectivity index (χ1) is 8.74. The van der Waals surface area contributed by atoms with Crippen molar-refractivity contribution in [2.24, 2.45) is 0 Å². The Morgan fingerprint density at radius 1 is 1.33 bits per heavy atom. The Hall–Kier alpha value is -2.11. The summed E-state index contributed by atoms with van der Waals surface area (Å²) in [7, 11) is 3.11. The minimum absolute atomic E-state index is 0.246. The quantitative estimate of drug-likeness (QED) is 0.853. The molecule has 0 aromatic heterocycles. The predicted octanol–water partition coefficient (Wildman–Crippen LogP) is 1.19. The van der Waals surface area contributed by atoms with Crippen LogP contribution < -0.4 is 19.5 Å². The molecule has 1 aromatic rings. The van der Waals surface area contributed by atoms with Crippen LogP contribution in [0.1, 0.15) is 0 Å². The van der Waals surface area contributed by atoms with Crippen LogP contribution in [0.5, 0.6) is 17.2 Å². The minimum Gasteiger partial charge on any atom is -0.493 e. The van der Waals surface area contributed by atoms with Gasteiger partial charge in [-0.1, -0.05) is 6.07 Å². The van der Waals surface area contributed by atoms with Gasteiger partial charge < -0.3 is 24.3 Å². The second-order valence-corrected chi connectivity index (χ2v) is 3.71. The molecule has 18 heavy (non-hydrogen) atoms. The summed E-state index contributed by atoms with van der Waals surface area (Å²) in [4.78, 5) is 10.9. The van der Waals surface area contributed by atoms with E-state index >= 15 is 0 Å². The molecule has 1 N–H and O–H groups in total. The molecule has 0 saturated carbocycles. The van der Waals surface area contributed by atoms with E-state index in [4.69, 9.17) is 18.9 Å². The van der Waals surface area contributed by atoms with Crippen LogP contribution in [0.2, 0.25) is 0 Å². The molecule has 0 unspecified atom stereocenters. The van der Waals surface area contributed by atoms with E-state index in [0.29, 0.717) is 23.8 Å². The van der Waals surface area contributed by atoms with E-state index in [-0.39, 0.29) is 12.7 Å². The average Bonchev–Trinajstić information content (AvgIpc) is 2.81. The molecule has 1 saturated heterocycles. The van der Waals surface area contributed by atoms with Crippen molar-refractivity contribution in [3.8, 4) is 17.2 Å². The highest BCUT2D eigenvalue weighted by Crippen LogP contribution is 2.36. The molecule has 0 bridgehead atoms. The minimum atomic E-state index is -0.421. The molecule has 0 aliphatic carbocycles. The summed E-state index contributed by atoms with van der Waals surface area (Å²) >= 11 is 0. The molecule has 1 aliphatic rings. The zero-order chi connectivity index (χ0) is 13.0. The van der Waals surface area contributed by atoms with E-state index in [2.05, 4.69) is 5.32 Å². The number of ether oxygens (including phenoxy) is 4. The Kier molecular flexibility index (Phi) is 3.76. The maximum absolute atomic E-state index is 10.9. The summed E-state index contributed by atoms with van der Waals surface area (Å²) in [6.07, 6.45) is -0.720. The lowest BCUT2D eigenvalue weighted by atomic mass is 10.3. The van der Waals surface area contributed by atoms with Crippen LogP contribution in [0.4, 0.5) is 4.79 Å². The maximum atomic E-state index is 10.9. The summed E-state index contributed by atoms with van der Waals surface area (Å²) in [5.74, 6) is 1.66. The van der Waals surface area contributed by atoms with Crippen LogP contribution in [0.25, 0.3) is 0 Å². The number of hydrogen-bond acceptors (Lipinski definition) is 5. The van der Waals surface area contributed by atoms with Gasteiger partial charge in [-0.05, 0) is 12.1 Å². The predicted molar refractivity (Wildman–Crippen MR) is 63.3 cm³/mol. The number of alkyl carbamates (subject to hydrolysis) is 1. The van der Waals surface area contributed by atoms with Gasteiger partial charge in [0.2, 0.25) is 5.75 Å². The van der Waals surface area contributed by atoms with E-state index in [0.717, 1.165) is 0 Å². The van der Waals surface area contributed by atoms with Crippen LogP contribution in [-0.4, -0.2) is 39.6 Å². The van der Waals surface area contributed by atoms with Gasteiger partial charge in [-0.2, -0.15) is 0 Å². The van der Waals surface area contributed by atoms with Gasteiger partial charge in [0.25, 0.3) is 0 Å². The lowest BCUT2D eigenvalue weighted by Crippen LogP contribution is -2.22. The van der Waals surface area contributed by atoms with Crippen LogP contribution in [0.15, 0.2) is 18.2 Å². The van der Waals surface area contributed by atoms with Gasteiger partial charge in [0, 0.05) is 0 Å². The SMILES string of the molecule is COc1cccc(OC)c1OC[C@H]1CNC(=O)O1. The number of nitrogens with one attached hydrogen (secondary N) is 1. The van der Waals surface area contributed by atoms with Crippen molar-refractivity contribution in [3.05, 3.63) is 18.2 Å². The van der Waals surface area contributed by atoms with Gasteiger partial charge in [-0.15, -0.1) is 0 Å². The van der Waals surface area contributed by atoms with Gasteiger partial charge in [0.1, 0.15) is 6.61 Å². The number of methoxy groups -OCH3 is 2. The fourth-order valence-corrected chi connectivity index (χ4v) is 1.66. The van der Waals surface area contributed by atoms with Gasteiger partial charge in [-0.3, -0.25) is 0 Å². The third kappa shape index (κ3) is 2.58. The topological polar surface area (TPSA) is 66.0 Å². The molecular formula is C12H15NO5. The molecule has 1 aromatic carbocycles. The number of carbonyl (C=O) groups is 1. The molecule has 6 heteroatoms. The molecule has 2 rings (SSSR count). The first-order valence-corrected chi connectivity index (χ1v) is 5.53. The van der Waals surface area contributed by atoms with E-state index in [1.54, 1.807) is 26.4 Å². The summed E-state index contributed by atoms with van der Waals surface area (Å²) in [5.41, 5.74) is 0. The normalized spacial score (nSPS) is 17.9. The Labute approximate surface area is 105 Å². The lowest BCUT2D eigenvalue weighted by Gasteiger charge is -2.15. The zero-order valence-corrected chi connectivity index (χ0v) is 10.3. The number of cyclic esters (lactones) is 1. The first kappa shape index (κ1) is 12.3. The fraction of sp³-hybridized carbons (Fsp3) is 0.417. The van der Waals surface area contributed by atoms with E-state index in [9.17, 15) is 4.79 Å². The van der Waals surface area contributed by atoms with Gasteiger partial charge >= 0.3 is 6.09 Å². The summed E-state index contributed by atoms with van der Waals surface area (Å²) in [6.45, 7) is 0.686. The van der Waals surface area contributed by atoms with E-state index in [1.807, 2.05) is 6.07 Å². The van der Waals surface area contributed by atoms with Crippen molar-refractivity contribution >= 4 is 6.09 Å². The molecule has 0 radical (unpaired) electrons. The van der Waals surface area contributed by atoms with Crippen molar-refractivity contribution < 1.29 is 23.7 Å². The van der Waals surface area contributed by atoms with Crippen LogP contribution in [-0.2, 0) is 4.74 Å². The molecule has 1 amide bonds. The number of carbonyl (C=O) groups excluding carboxylic acids is 1. The van der Waals surface area contributed by atoms with Crippen LogP contribution in [0.3, 0.4) is 0 Å². The Morgan fingerprint density at radius 2 is 2.00 bits per heavy atom. The van der Waals surface area contributed by atoms with Gasteiger partial charge in [0.05, 0.1) is 20.8 Å². The number of rotatable bonds is 5. The van der Waals surface area contributed by atoms with Crippen molar-refractivity contribution in [2.75, 3.05) is 27.4 Å². The highest BCUT2D eigenvalue weighted by atomic mass is 16.6.